The molecule has 0 fully saturated rings. The molecule has 2 rings (SSSR count). The number of rotatable bonds is 6. The zero-order chi connectivity index (χ0) is 14.4. The molecule has 1 N–H and O–H groups in total. The summed E-state index contributed by atoms with van der Waals surface area (Å²) in [7, 11) is 0. The lowest BCUT2D eigenvalue weighted by atomic mass is 10.1. The first kappa shape index (κ1) is 14.4. The van der Waals surface area contributed by atoms with Crippen molar-refractivity contribution in [2.75, 3.05) is 13.3 Å². The molecule has 0 aromatic heterocycles. The average Bonchev–Trinajstić information content (AvgIpc) is 2.88. The van der Waals surface area contributed by atoms with Gasteiger partial charge in [-0.1, -0.05) is 32.1 Å². The van der Waals surface area contributed by atoms with Crippen LogP contribution in [0.5, 0.6) is 11.5 Å². The van der Waals surface area contributed by atoms with Crippen LogP contribution in [0, 0.1) is 5.92 Å². The van der Waals surface area contributed by atoms with Crippen molar-refractivity contribution in [3.63, 3.8) is 0 Å². The van der Waals surface area contributed by atoms with Gasteiger partial charge in [0.1, 0.15) is 0 Å². The van der Waals surface area contributed by atoms with Crippen LogP contribution in [0.15, 0.2) is 24.3 Å². The van der Waals surface area contributed by atoms with Crippen molar-refractivity contribution in [2.24, 2.45) is 5.92 Å². The number of amides is 1. The summed E-state index contributed by atoms with van der Waals surface area (Å²) in [6.07, 6.45) is 5.26. The summed E-state index contributed by atoms with van der Waals surface area (Å²) in [6.45, 7) is 5.20. The maximum absolute atomic E-state index is 11.5. The van der Waals surface area contributed by atoms with Crippen LogP contribution in [0.4, 0.5) is 0 Å². The largest absolute Gasteiger partial charge is 0.454 e. The van der Waals surface area contributed by atoms with E-state index in [0.717, 1.165) is 30.0 Å². The molecule has 4 nitrogen and oxygen atoms in total. The molecule has 4 heteroatoms. The Kier molecular flexibility index (Phi) is 5.04. The summed E-state index contributed by atoms with van der Waals surface area (Å²) in [5.41, 5.74) is 1.05. The molecule has 0 atom stereocenters. The van der Waals surface area contributed by atoms with E-state index < -0.39 is 0 Å². The molecule has 1 aromatic carbocycles. The fourth-order valence-corrected chi connectivity index (χ4v) is 1.86. The maximum atomic E-state index is 11.5. The minimum absolute atomic E-state index is 0.106. The Morgan fingerprint density at radius 1 is 1.35 bits per heavy atom. The highest BCUT2D eigenvalue weighted by atomic mass is 16.7. The third kappa shape index (κ3) is 4.30. The van der Waals surface area contributed by atoms with Gasteiger partial charge in [-0.2, -0.15) is 0 Å². The van der Waals surface area contributed by atoms with Crippen molar-refractivity contribution in [3.8, 4) is 11.5 Å². The van der Waals surface area contributed by atoms with Gasteiger partial charge in [0.05, 0.1) is 0 Å². The standard InChI is InChI=1S/C16H21NO3/c1-12(2)10-17-16(18)6-4-3-5-13-7-8-14-15(9-13)20-11-19-14/h3,5,7-9,12H,4,6,10-11H2,1-2H3,(H,17,18)/b5-3+. The Bertz CT molecular complexity index is 494. The molecule has 0 aliphatic carbocycles. The van der Waals surface area contributed by atoms with Crippen LogP contribution >= 0.6 is 0 Å². The topological polar surface area (TPSA) is 47.6 Å². The second-order valence-electron chi connectivity index (χ2n) is 5.25. The number of benzene rings is 1. The van der Waals surface area contributed by atoms with Gasteiger partial charge >= 0.3 is 0 Å². The van der Waals surface area contributed by atoms with Crippen LogP contribution in [0.1, 0.15) is 32.3 Å². The van der Waals surface area contributed by atoms with Gasteiger partial charge in [-0.3, -0.25) is 4.79 Å². The molecule has 0 spiro atoms. The SMILES string of the molecule is CC(C)CNC(=O)CC/C=C/c1ccc2c(c1)OCO2. The van der Waals surface area contributed by atoms with E-state index in [1.165, 1.54) is 0 Å². The van der Waals surface area contributed by atoms with Crippen LogP contribution in [0.3, 0.4) is 0 Å². The monoisotopic (exact) mass is 275 g/mol. The number of nitrogens with one attached hydrogen (secondary N) is 1. The summed E-state index contributed by atoms with van der Waals surface area (Å²) in [5.74, 6) is 2.16. The van der Waals surface area contributed by atoms with E-state index >= 15 is 0 Å². The summed E-state index contributed by atoms with van der Waals surface area (Å²) >= 11 is 0. The van der Waals surface area contributed by atoms with Crippen molar-refractivity contribution in [1.82, 2.24) is 5.32 Å². The molecule has 1 aliphatic heterocycles. The van der Waals surface area contributed by atoms with Crippen molar-refractivity contribution in [2.45, 2.75) is 26.7 Å². The number of carbonyl (C=O) groups excluding carboxylic acids is 1. The second kappa shape index (κ2) is 6.98. The van der Waals surface area contributed by atoms with E-state index in [9.17, 15) is 4.79 Å². The lowest BCUT2D eigenvalue weighted by Gasteiger charge is -2.06. The van der Waals surface area contributed by atoms with Crippen molar-refractivity contribution < 1.29 is 14.3 Å². The molecule has 0 radical (unpaired) electrons. The smallest absolute Gasteiger partial charge is 0.231 e. The number of allylic oxidation sites excluding steroid dienone is 1. The van der Waals surface area contributed by atoms with Crippen molar-refractivity contribution in [3.05, 3.63) is 29.8 Å². The van der Waals surface area contributed by atoms with Crippen LogP contribution in [-0.2, 0) is 4.79 Å². The number of hydrogen-bond donors (Lipinski definition) is 1. The minimum Gasteiger partial charge on any atom is -0.454 e. The van der Waals surface area contributed by atoms with E-state index in [1.807, 2.05) is 30.4 Å². The maximum Gasteiger partial charge on any atom is 0.231 e. The highest BCUT2D eigenvalue weighted by molar-refractivity contribution is 5.76. The third-order valence-corrected chi connectivity index (χ3v) is 2.95. The number of fused-ring (bicyclic) bond motifs is 1. The predicted molar refractivity (Wildman–Crippen MR) is 78.7 cm³/mol. The van der Waals surface area contributed by atoms with Gasteiger partial charge in [0, 0.05) is 13.0 Å². The summed E-state index contributed by atoms with van der Waals surface area (Å²) in [5, 5.41) is 2.91. The Hall–Kier alpha value is -1.97. The van der Waals surface area contributed by atoms with Gasteiger partial charge in [0.15, 0.2) is 11.5 Å². The van der Waals surface area contributed by atoms with Crippen LogP contribution in [0.2, 0.25) is 0 Å². The normalized spacial score (nSPS) is 13.2. The van der Waals surface area contributed by atoms with Crippen LogP contribution in [-0.4, -0.2) is 19.2 Å². The molecule has 0 saturated carbocycles. The number of hydrogen-bond acceptors (Lipinski definition) is 3. The predicted octanol–water partition coefficient (Wildman–Crippen LogP) is 2.98. The molecule has 0 unspecified atom stereocenters. The van der Waals surface area contributed by atoms with E-state index in [2.05, 4.69) is 19.2 Å². The van der Waals surface area contributed by atoms with Gasteiger partial charge in [0.2, 0.25) is 12.7 Å². The number of ether oxygens (including phenoxy) is 2. The van der Waals surface area contributed by atoms with Crippen molar-refractivity contribution >= 4 is 12.0 Å². The summed E-state index contributed by atoms with van der Waals surface area (Å²) in [4.78, 5) is 11.5. The first-order chi connectivity index (χ1) is 9.65. The molecule has 1 heterocycles. The lowest BCUT2D eigenvalue weighted by molar-refractivity contribution is -0.121. The Morgan fingerprint density at radius 2 is 2.15 bits per heavy atom. The molecule has 1 amide bonds. The zero-order valence-corrected chi connectivity index (χ0v) is 12.0. The van der Waals surface area contributed by atoms with Crippen LogP contribution < -0.4 is 14.8 Å². The molecule has 1 aliphatic rings. The number of carbonyl (C=O) groups is 1. The summed E-state index contributed by atoms with van der Waals surface area (Å²) in [6, 6.07) is 5.82. The Labute approximate surface area is 119 Å². The lowest BCUT2D eigenvalue weighted by Crippen LogP contribution is -2.26. The first-order valence-corrected chi connectivity index (χ1v) is 6.98. The highest BCUT2D eigenvalue weighted by Gasteiger charge is 2.12. The minimum atomic E-state index is 0.106. The van der Waals surface area contributed by atoms with Crippen molar-refractivity contribution in [1.29, 1.82) is 0 Å². The average molecular weight is 275 g/mol. The van der Waals surface area contributed by atoms with E-state index in [0.29, 0.717) is 19.1 Å². The highest BCUT2D eigenvalue weighted by Crippen LogP contribution is 2.32. The third-order valence-electron chi connectivity index (χ3n) is 2.95. The van der Waals surface area contributed by atoms with Gasteiger partial charge in [-0.05, 0) is 30.0 Å². The molecule has 108 valence electrons. The van der Waals surface area contributed by atoms with E-state index in [-0.39, 0.29) is 5.91 Å². The second-order valence-corrected chi connectivity index (χ2v) is 5.25. The van der Waals surface area contributed by atoms with Gasteiger partial charge in [0.25, 0.3) is 0 Å². The Balaban J connectivity index is 1.75. The fraction of sp³-hybridized carbons (Fsp3) is 0.438. The quantitative estimate of drug-likeness (QED) is 0.868. The molecule has 0 bridgehead atoms. The fourth-order valence-electron chi connectivity index (χ4n) is 1.86. The Morgan fingerprint density at radius 3 is 2.95 bits per heavy atom. The van der Waals surface area contributed by atoms with Gasteiger partial charge in [-0.15, -0.1) is 0 Å². The van der Waals surface area contributed by atoms with Gasteiger partial charge in [-0.25, -0.2) is 0 Å². The van der Waals surface area contributed by atoms with Gasteiger partial charge < -0.3 is 14.8 Å². The van der Waals surface area contributed by atoms with Crippen LogP contribution in [0.25, 0.3) is 6.08 Å². The molecular weight excluding hydrogens is 254 g/mol. The first-order valence-electron chi connectivity index (χ1n) is 6.98. The molecule has 0 saturated heterocycles. The van der Waals surface area contributed by atoms with E-state index in [1.54, 1.807) is 0 Å². The molecule has 20 heavy (non-hydrogen) atoms. The summed E-state index contributed by atoms with van der Waals surface area (Å²) < 4.78 is 10.6. The van der Waals surface area contributed by atoms with E-state index in [4.69, 9.17) is 9.47 Å². The molecular formula is C16H21NO3. The molecule has 1 aromatic rings. The zero-order valence-electron chi connectivity index (χ0n) is 12.0.